The van der Waals surface area contributed by atoms with E-state index in [0.717, 1.165) is 16.9 Å². The number of hydrogen-bond donors (Lipinski definition) is 1. The van der Waals surface area contributed by atoms with Gasteiger partial charge in [-0.25, -0.2) is 0 Å². The zero-order valence-electron chi connectivity index (χ0n) is 13.4. The van der Waals surface area contributed by atoms with Crippen molar-refractivity contribution in [2.45, 2.75) is 30.3 Å². The van der Waals surface area contributed by atoms with Gasteiger partial charge in [0, 0.05) is 28.6 Å². The number of halogens is 1. The molecule has 0 bridgehead atoms. The fourth-order valence-electron chi connectivity index (χ4n) is 3.49. The van der Waals surface area contributed by atoms with Gasteiger partial charge >= 0.3 is 0 Å². The minimum Gasteiger partial charge on any atom is -0.350 e. The third-order valence-corrected chi connectivity index (χ3v) is 7.70. The molecule has 0 radical (unpaired) electrons. The zero-order chi connectivity index (χ0) is 17.4. The van der Waals surface area contributed by atoms with Crippen LogP contribution >= 0.6 is 34.7 Å². The van der Waals surface area contributed by atoms with E-state index in [1.165, 1.54) is 0 Å². The van der Waals surface area contributed by atoms with Crippen LogP contribution in [0.4, 0.5) is 0 Å². The van der Waals surface area contributed by atoms with Crippen molar-refractivity contribution in [3.05, 3.63) is 57.2 Å². The van der Waals surface area contributed by atoms with Crippen LogP contribution < -0.4 is 5.32 Å². The quantitative estimate of drug-likeness (QED) is 0.864. The van der Waals surface area contributed by atoms with Crippen molar-refractivity contribution in [2.75, 3.05) is 5.75 Å². The molecule has 2 fully saturated rings. The van der Waals surface area contributed by atoms with E-state index in [1.54, 1.807) is 35.2 Å². The number of amides is 2. The summed E-state index contributed by atoms with van der Waals surface area (Å²) in [6, 6.07) is 11.1. The summed E-state index contributed by atoms with van der Waals surface area (Å²) in [5, 5.41) is 5.67. The highest BCUT2D eigenvalue weighted by Crippen LogP contribution is 2.55. The zero-order valence-corrected chi connectivity index (χ0v) is 15.8. The first kappa shape index (κ1) is 16.9. The Morgan fingerprint density at radius 1 is 1.32 bits per heavy atom. The van der Waals surface area contributed by atoms with Crippen LogP contribution in [-0.4, -0.2) is 28.5 Å². The Morgan fingerprint density at radius 3 is 2.84 bits per heavy atom. The van der Waals surface area contributed by atoms with Crippen molar-refractivity contribution in [1.82, 2.24) is 10.2 Å². The SMILES string of the molecule is O=C(NCc1ccc(Cl)cc1)[C@H]1CS[C@@]2(c3cccs3)CCC(=O)N12. The first-order valence-electron chi connectivity index (χ1n) is 8.12. The summed E-state index contributed by atoms with van der Waals surface area (Å²) >= 11 is 9.26. The highest BCUT2D eigenvalue weighted by molar-refractivity contribution is 8.00. The molecule has 1 aromatic carbocycles. The third kappa shape index (κ3) is 2.96. The molecule has 2 atom stereocenters. The number of benzene rings is 1. The first-order valence-corrected chi connectivity index (χ1v) is 10.4. The molecule has 2 aliphatic heterocycles. The van der Waals surface area contributed by atoms with E-state index in [1.807, 2.05) is 28.5 Å². The molecule has 2 amide bonds. The van der Waals surface area contributed by atoms with E-state index in [0.29, 0.717) is 23.7 Å². The van der Waals surface area contributed by atoms with Crippen molar-refractivity contribution in [2.24, 2.45) is 0 Å². The summed E-state index contributed by atoms with van der Waals surface area (Å²) in [5.74, 6) is 0.622. The van der Waals surface area contributed by atoms with Gasteiger partial charge in [0.15, 0.2) is 0 Å². The lowest BCUT2D eigenvalue weighted by molar-refractivity contribution is -0.138. The topological polar surface area (TPSA) is 49.4 Å². The van der Waals surface area contributed by atoms with Gasteiger partial charge in [0.1, 0.15) is 10.9 Å². The average molecular weight is 393 g/mol. The van der Waals surface area contributed by atoms with Gasteiger partial charge in [-0.3, -0.25) is 9.59 Å². The van der Waals surface area contributed by atoms with Gasteiger partial charge < -0.3 is 10.2 Å². The second kappa shape index (κ2) is 6.67. The van der Waals surface area contributed by atoms with Gasteiger partial charge in [-0.15, -0.1) is 23.1 Å². The number of nitrogens with zero attached hydrogens (tertiary/aromatic N) is 1. The van der Waals surface area contributed by atoms with Gasteiger partial charge in [0.25, 0.3) is 0 Å². The fraction of sp³-hybridized carbons (Fsp3) is 0.333. The molecule has 2 saturated heterocycles. The summed E-state index contributed by atoms with van der Waals surface area (Å²) in [7, 11) is 0. The average Bonchev–Trinajstić information content (AvgIpc) is 3.32. The second-order valence-electron chi connectivity index (χ2n) is 6.20. The number of hydrogen-bond acceptors (Lipinski definition) is 4. The van der Waals surface area contributed by atoms with Crippen molar-refractivity contribution in [1.29, 1.82) is 0 Å². The molecule has 3 heterocycles. The summed E-state index contributed by atoms with van der Waals surface area (Å²) < 4.78 is 0. The van der Waals surface area contributed by atoms with Gasteiger partial charge in [-0.2, -0.15) is 0 Å². The van der Waals surface area contributed by atoms with E-state index >= 15 is 0 Å². The number of carbonyl (C=O) groups is 2. The Hall–Kier alpha value is -1.50. The molecule has 0 aliphatic carbocycles. The molecule has 130 valence electrons. The van der Waals surface area contributed by atoms with Crippen LogP contribution in [-0.2, 0) is 21.0 Å². The molecule has 4 rings (SSSR count). The molecular formula is C18H17ClN2O2S2. The molecule has 0 spiro atoms. The van der Waals surface area contributed by atoms with E-state index in [-0.39, 0.29) is 16.7 Å². The number of thiophene rings is 1. The molecule has 1 N–H and O–H groups in total. The van der Waals surface area contributed by atoms with Crippen LogP contribution in [0.1, 0.15) is 23.3 Å². The Labute approximate surface area is 159 Å². The number of thioether (sulfide) groups is 1. The van der Waals surface area contributed by atoms with Crippen LogP contribution in [0.3, 0.4) is 0 Å². The highest BCUT2D eigenvalue weighted by atomic mass is 35.5. The van der Waals surface area contributed by atoms with Crippen LogP contribution in [0, 0.1) is 0 Å². The van der Waals surface area contributed by atoms with E-state index in [9.17, 15) is 9.59 Å². The standard InChI is InChI=1S/C18H17ClN2O2S2/c19-13-5-3-12(4-6-13)10-20-17(23)14-11-25-18(15-2-1-9-24-15)8-7-16(22)21(14)18/h1-6,9,14H,7-8,10-11H2,(H,20,23)/t14-,18-/m1/s1. The van der Waals surface area contributed by atoms with Gasteiger partial charge in [0.05, 0.1) is 0 Å². The predicted octanol–water partition coefficient (Wildman–Crippen LogP) is 3.61. The molecule has 4 nitrogen and oxygen atoms in total. The normalized spacial score (nSPS) is 25.2. The summed E-state index contributed by atoms with van der Waals surface area (Å²) in [4.78, 5) is 27.9. The summed E-state index contributed by atoms with van der Waals surface area (Å²) in [6.45, 7) is 0.436. The van der Waals surface area contributed by atoms with Crippen molar-refractivity contribution >= 4 is 46.5 Å². The largest absolute Gasteiger partial charge is 0.350 e. The Bertz CT molecular complexity index is 794. The Balaban J connectivity index is 1.50. The number of nitrogens with one attached hydrogen (secondary N) is 1. The third-order valence-electron chi connectivity index (χ3n) is 4.72. The lowest BCUT2D eigenvalue weighted by Gasteiger charge is -2.32. The number of fused-ring (bicyclic) bond motifs is 1. The van der Waals surface area contributed by atoms with Gasteiger partial charge in [-0.1, -0.05) is 29.8 Å². The Morgan fingerprint density at radius 2 is 2.12 bits per heavy atom. The first-order chi connectivity index (χ1) is 12.1. The van der Waals surface area contributed by atoms with Gasteiger partial charge in [-0.05, 0) is 35.6 Å². The van der Waals surface area contributed by atoms with Crippen molar-refractivity contribution < 1.29 is 9.59 Å². The predicted molar refractivity (Wildman–Crippen MR) is 102 cm³/mol. The lowest BCUT2D eigenvalue weighted by atomic mass is 10.1. The summed E-state index contributed by atoms with van der Waals surface area (Å²) in [5.41, 5.74) is 0.987. The maximum Gasteiger partial charge on any atom is 0.244 e. The van der Waals surface area contributed by atoms with Crippen molar-refractivity contribution in [3.63, 3.8) is 0 Å². The molecular weight excluding hydrogens is 376 g/mol. The smallest absolute Gasteiger partial charge is 0.244 e. The van der Waals surface area contributed by atoms with Crippen LogP contribution in [0.2, 0.25) is 5.02 Å². The van der Waals surface area contributed by atoms with Crippen LogP contribution in [0.25, 0.3) is 0 Å². The molecule has 0 unspecified atom stereocenters. The highest BCUT2D eigenvalue weighted by Gasteiger charge is 2.57. The Kier molecular flexibility index (Phi) is 4.52. The maximum atomic E-state index is 12.7. The fourth-order valence-corrected chi connectivity index (χ4v) is 6.34. The lowest BCUT2D eigenvalue weighted by Crippen LogP contribution is -2.49. The number of rotatable bonds is 4. The second-order valence-corrected chi connectivity index (χ2v) is 8.88. The molecule has 2 aliphatic rings. The molecule has 25 heavy (non-hydrogen) atoms. The number of carbonyl (C=O) groups excluding carboxylic acids is 2. The van der Waals surface area contributed by atoms with Crippen LogP contribution in [0.5, 0.6) is 0 Å². The summed E-state index contributed by atoms with van der Waals surface area (Å²) in [6.07, 6.45) is 1.28. The minimum atomic E-state index is -0.408. The molecule has 0 saturated carbocycles. The molecule has 7 heteroatoms. The van der Waals surface area contributed by atoms with E-state index in [2.05, 4.69) is 11.4 Å². The monoisotopic (exact) mass is 392 g/mol. The van der Waals surface area contributed by atoms with E-state index < -0.39 is 6.04 Å². The molecule has 2 aromatic rings. The molecule has 1 aromatic heterocycles. The maximum absolute atomic E-state index is 12.7. The van der Waals surface area contributed by atoms with E-state index in [4.69, 9.17) is 11.6 Å². The van der Waals surface area contributed by atoms with Crippen LogP contribution in [0.15, 0.2) is 41.8 Å². The minimum absolute atomic E-state index is 0.0741. The van der Waals surface area contributed by atoms with Crippen molar-refractivity contribution in [3.8, 4) is 0 Å². The van der Waals surface area contributed by atoms with Gasteiger partial charge in [0.2, 0.25) is 11.8 Å².